The summed E-state index contributed by atoms with van der Waals surface area (Å²) in [5, 5.41) is 0. The third-order valence-electron chi connectivity index (χ3n) is 2.56. The first-order valence-corrected chi connectivity index (χ1v) is 7.57. The Morgan fingerprint density at radius 3 is 2.15 bits per heavy atom. The minimum absolute atomic E-state index is 0.114. The summed E-state index contributed by atoms with van der Waals surface area (Å²) in [4.78, 5) is 3.35. The summed E-state index contributed by atoms with van der Waals surface area (Å²) in [6.45, 7) is 0. The van der Waals surface area contributed by atoms with Gasteiger partial charge in [0.15, 0.2) is 0 Å². The SMILES string of the molecule is O=S(=O)(Cl)c1ccc(C(F)(F)F)cc1-c1ccncc1. The topological polar surface area (TPSA) is 47.0 Å². The standard InChI is InChI=1S/C12H7ClF3NO2S/c13-20(18,19)11-2-1-9(12(14,15)16)7-10(11)8-3-5-17-6-4-8/h1-7H. The quantitative estimate of drug-likeness (QED) is 0.792. The minimum atomic E-state index is -4.57. The van der Waals surface area contributed by atoms with Gasteiger partial charge in [-0.25, -0.2) is 8.42 Å². The summed E-state index contributed by atoms with van der Waals surface area (Å²) in [6, 6.07) is 5.09. The van der Waals surface area contributed by atoms with Crippen LogP contribution in [0.1, 0.15) is 5.56 Å². The van der Waals surface area contributed by atoms with Crippen molar-refractivity contribution < 1.29 is 21.6 Å². The van der Waals surface area contributed by atoms with Gasteiger partial charge in [-0.15, -0.1) is 0 Å². The molecule has 0 amide bonds. The fourth-order valence-electron chi connectivity index (χ4n) is 1.68. The van der Waals surface area contributed by atoms with Crippen molar-refractivity contribution in [2.75, 3.05) is 0 Å². The highest BCUT2D eigenvalue weighted by molar-refractivity contribution is 8.13. The molecule has 20 heavy (non-hydrogen) atoms. The lowest BCUT2D eigenvalue weighted by Crippen LogP contribution is -2.06. The molecule has 0 unspecified atom stereocenters. The van der Waals surface area contributed by atoms with Crippen LogP contribution < -0.4 is 0 Å². The van der Waals surface area contributed by atoms with Crippen LogP contribution in [-0.2, 0) is 15.2 Å². The average molecular weight is 322 g/mol. The van der Waals surface area contributed by atoms with Crippen molar-refractivity contribution in [3.8, 4) is 11.1 Å². The molecule has 106 valence electrons. The second-order valence-electron chi connectivity index (χ2n) is 3.88. The third kappa shape index (κ3) is 3.10. The normalized spacial score (nSPS) is 12.4. The second-order valence-corrected chi connectivity index (χ2v) is 6.42. The second kappa shape index (κ2) is 5.06. The lowest BCUT2D eigenvalue weighted by molar-refractivity contribution is -0.137. The van der Waals surface area contributed by atoms with Gasteiger partial charge in [0, 0.05) is 28.6 Å². The Labute approximate surface area is 117 Å². The van der Waals surface area contributed by atoms with E-state index in [0.29, 0.717) is 6.07 Å². The maximum Gasteiger partial charge on any atom is 0.416 e. The van der Waals surface area contributed by atoms with Crippen LogP contribution in [0.4, 0.5) is 13.2 Å². The number of benzene rings is 1. The van der Waals surface area contributed by atoms with E-state index in [1.54, 1.807) is 0 Å². The maximum absolute atomic E-state index is 12.7. The molecular formula is C12H7ClF3NO2S. The third-order valence-corrected chi connectivity index (χ3v) is 3.94. The van der Waals surface area contributed by atoms with Gasteiger partial charge in [-0.05, 0) is 35.9 Å². The molecule has 0 saturated heterocycles. The van der Waals surface area contributed by atoms with E-state index in [-0.39, 0.29) is 16.0 Å². The van der Waals surface area contributed by atoms with Gasteiger partial charge in [0.2, 0.25) is 0 Å². The predicted molar refractivity (Wildman–Crippen MR) is 67.7 cm³/mol. The number of pyridine rings is 1. The van der Waals surface area contributed by atoms with E-state index in [1.807, 2.05) is 0 Å². The Morgan fingerprint density at radius 1 is 1.05 bits per heavy atom. The van der Waals surface area contributed by atoms with Crippen molar-refractivity contribution in [3.05, 3.63) is 48.3 Å². The molecule has 0 aliphatic carbocycles. The van der Waals surface area contributed by atoms with E-state index >= 15 is 0 Å². The zero-order chi connectivity index (χ0) is 15.0. The van der Waals surface area contributed by atoms with Gasteiger partial charge in [-0.1, -0.05) is 0 Å². The Hall–Kier alpha value is -1.60. The molecule has 0 saturated carbocycles. The van der Waals surface area contributed by atoms with E-state index < -0.39 is 20.8 Å². The molecule has 0 radical (unpaired) electrons. The van der Waals surface area contributed by atoms with Gasteiger partial charge in [0.25, 0.3) is 9.05 Å². The lowest BCUT2D eigenvalue weighted by atomic mass is 10.0. The van der Waals surface area contributed by atoms with Crippen molar-refractivity contribution in [1.82, 2.24) is 4.98 Å². The van der Waals surface area contributed by atoms with Crippen LogP contribution in [0.2, 0.25) is 0 Å². The number of rotatable bonds is 2. The number of aromatic nitrogens is 1. The van der Waals surface area contributed by atoms with Crippen LogP contribution in [-0.4, -0.2) is 13.4 Å². The summed E-state index contributed by atoms with van der Waals surface area (Å²) >= 11 is 0. The number of hydrogen-bond donors (Lipinski definition) is 0. The molecular weight excluding hydrogens is 315 g/mol. The fourth-order valence-corrected chi connectivity index (χ4v) is 2.75. The van der Waals surface area contributed by atoms with Gasteiger partial charge >= 0.3 is 6.18 Å². The molecule has 0 spiro atoms. The minimum Gasteiger partial charge on any atom is -0.265 e. The molecule has 0 N–H and O–H groups in total. The monoisotopic (exact) mass is 321 g/mol. The van der Waals surface area contributed by atoms with Crippen LogP contribution in [0.25, 0.3) is 11.1 Å². The van der Waals surface area contributed by atoms with E-state index in [2.05, 4.69) is 4.98 Å². The van der Waals surface area contributed by atoms with Crippen LogP contribution in [0, 0.1) is 0 Å². The van der Waals surface area contributed by atoms with Crippen molar-refractivity contribution in [2.24, 2.45) is 0 Å². The van der Waals surface area contributed by atoms with Crippen LogP contribution >= 0.6 is 10.7 Å². The van der Waals surface area contributed by atoms with E-state index in [1.165, 1.54) is 24.5 Å². The first-order chi connectivity index (χ1) is 9.19. The van der Waals surface area contributed by atoms with Gasteiger partial charge in [0.1, 0.15) is 0 Å². The summed E-state index contributed by atoms with van der Waals surface area (Å²) < 4.78 is 61.1. The molecule has 3 nitrogen and oxygen atoms in total. The van der Waals surface area contributed by atoms with E-state index in [4.69, 9.17) is 10.7 Å². The smallest absolute Gasteiger partial charge is 0.265 e. The Bertz CT molecular complexity index is 730. The Kier molecular flexibility index (Phi) is 3.75. The fraction of sp³-hybridized carbons (Fsp3) is 0.0833. The van der Waals surface area contributed by atoms with Gasteiger partial charge < -0.3 is 0 Å². The zero-order valence-corrected chi connectivity index (χ0v) is 11.3. The Balaban J connectivity index is 2.74. The number of nitrogens with zero attached hydrogens (tertiary/aromatic N) is 1. The van der Waals surface area contributed by atoms with Crippen LogP contribution in [0.3, 0.4) is 0 Å². The predicted octanol–water partition coefficient (Wildman–Crippen LogP) is 3.69. The molecule has 0 atom stereocenters. The van der Waals surface area contributed by atoms with Gasteiger partial charge in [-0.3, -0.25) is 4.98 Å². The lowest BCUT2D eigenvalue weighted by Gasteiger charge is -2.12. The van der Waals surface area contributed by atoms with Crippen molar-refractivity contribution in [1.29, 1.82) is 0 Å². The molecule has 0 aliphatic rings. The van der Waals surface area contributed by atoms with Crippen LogP contribution in [0.15, 0.2) is 47.6 Å². The first-order valence-electron chi connectivity index (χ1n) is 5.26. The zero-order valence-electron chi connectivity index (χ0n) is 9.73. The molecule has 2 rings (SSSR count). The summed E-state index contributed by atoms with van der Waals surface area (Å²) in [5.41, 5.74) is -0.782. The van der Waals surface area contributed by atoms with Gasteiger partial charge in [-0.2, -0.15) is 13.2 Å². The summed E-state index contributed by atoms with van der Waals surface area (Å²) in [5.74, 6) is 0. The first kappa shape index (κ1) is 14.8. The summed E-state index contributed by atoms with van der Waals surface area (Å²) in [6.07, 6.45) is -1.88. The average Bonchev–Trinajstić information content (AvgIpc) is 2.37. The van der Waals surface area contributed by atoms with E-state index in [9.17, 15) is 21.6 Å². The highest BCUT2D eigenvalue weighted by Gasteiger charge is 2.32. The number of halogens is 4. The molecule has 2 aromatic rings. The van der Waals surface area contributed by atoms with E-state index in [0.717, 1.165) is 12.1 Å². The largest absolute Gasteiger partial charge is 0.416 e. The molecule has 0 bridgehead atoms. The molecule has 1 heterocycles. The highest BCUT2D eigenvalue weighted by atomic mass is 35.7. The molecule has 8 heteroatoms. The summed E-state index contributed by atoms with van der Waals surface area (Å²) in [7, 11) is 1.10. The number of alkyl halides is 3. The van der Waals surface area contributed by atoms with Crippen molar-refractivity contribution >= 4 is 19.7 Å². The van der Waals surface area contributed by atoms with Crippen molar-refractivity contribution in [2.45, 2.75) is 11.1 Å². The van der Waals surface area contributed by atoms with Crippen LogP contribution in [0.5, 0.6) is 0 Å². The molecule has 1 aromatic carbocycles. The van der Waals surface area contributed by atoms with Crippen molar-refractivity contribution in [3.63, 3.8) is 0 Å². The number of hydrogen-bond acceptors (Lipinski definition) is 3. The Morgan fingerprint density at radius 2 is 1.65 bits per heavy atom. The highest BCUT2D eigenvalue weighted by Crippen LogP contribution is 2.36. The van der Waals surface area contributed by atoms with Gasteiger partial charge in [0.05, 0.1) is 10.5 Å². The molecule has 1 aromatic heterocycles. The maximum atomic E-state index is 12.7. The molecule has 0 fully saturated rings. The molecule has 0 aliphatic heterocycles.